The second kappa shape index (κ2) is 14.8. The standard InChI is InChI=1S/C34H44N2O7S/c1-34(2)41-26-29-24-28(16-17-31(29)43-34)32-25-35(33(37)42-32)18-7-3-4-10-21-40-22-11-6-13-27-14-12-15-30(23-27)44(38,39)36-19-8-5-9-20-36/h12,14-17,23-24,32H,3-5,7-11,18-22,25-26H2,1-2H3/t32-/m0/s1. The molecule has 0 unspecified atom stereocenters. The highest BCUT2D eigenvalue weighted by atomic mass is 32.2. The Kier molecular flexibility index (Phi) is 10.9. The Morgan fingerprint density at radius 3 is 2.66 bits per heavy atom. The Hall–Kier alpha value is -3.10. The van der Waals surface area contributed by atoms with Crippen LogP contribution in [0.4, 0.5) is 4.79 Å². The van der Waals surface area contributed by atoms with E-state index in [-0.39, 0.29) is 12.2 Å². The van der Waals surface area contributed by atoms with Crippen molar-refractivity contribution >= 4 is 16.1 Å². The van der Waals surface area contributed by atoms with Gasteiger partial charge in [-0.15, -0.1) is 0 Å². The molecule has 2 aromatic rings. The van der Waals surface area contributed by atoms with Crippen molar-refractivity contribution in [1.29, 1.82) is 0 Å². The quantitative estimate of drug-likeness (QED) is 0.211. The average molecular weight is 625 g/mol. The molecule has 238 valence electrons. The number of sulfonamides is 1. The molecule has 0 N–H and O–H groups in total. The molecule has 10 heteroatoms. The number of ether oxygens (including phenoxy) is 4. The van der Waals surface area contributed by atoms with Crippen LogP contribution in [-0.4, -0.2) is 68.9 Å². The topological polar surface area (TPSA) is 94.6 Å². The Balaban J connectivity index is 0.938. The zero-order valence-electron chi connectivity index (χ0n) is 25.9. The largest absolute Gasteiger partial charge is 0.463 e. The normalized spacial score (nSPS) is 19.9. The molecule has 0 bridgehead atoms. The van der Waals surface area contributed by atoms with Gasteiger partial charge >= 0.3 is 6.09 Å². The van der Waals surface area contributed by atoms with Gasteiger partial charge in [-0.3, -0.25) is 0 Å². The molecule has 0 radical (unpaired) electrons. The van der Waals surface area contributed by atoms with Crippen LogP contribution in [-0.2, 0) is 30.8 Å². The summed E-state index contributed by atoms with van der Waals surface area (Å²) in [6.45, 7) is 7.87. The maximum absolute atomic E-state index is 12.9. The van der Waals surface area contributed by atoms with Gasteiger partial charge in [-0.05, 0) is 61.6 Å². The second-order valence-corrected chi connectivity index (χ2v) is 14.0. The van der Waals surface area contributed by atoms with E-state index in [1.54, 1.807) is 27.4 Å². The summed E-state index contributed by atoms with van der Waals surface area (Å²) in [6, 6.07) is 12.8. The number of piperidine rings is 1. The Morgan fingerprint density at radius 2 is 1.82 bits per heavy atom. The summed E-state index contributed by atoms with van der Waals surface area (Å²) in [5.41, 5.74) is 2.63. The number of unbranched alkanes of at least 4 members (excludes halogenated alkanes) is 3. The Bertz CT molecular complexity index is 1460. The Labute approximate surface area is 261 Å². The lowest BCUT2D eigenvalue weighted by Crippen LogP contribution is -2.35. The van der Waals surface area contributed by atoms with Crippen molar-refractivity contribution in [2.24, 2.45) is 0 Å². The van der Waals surface area contributed by atoms with Gasteiger partial charge in [0.05, 0.1) is 24.7 Å². The maximum Gasteiger partial charge on any atom is 0.410 e. The fourth-order valence-electron chi connectivity index (χ4n) is 5.66. The molecule has 0 aliphatic carbocycles. The molecular weight excluding hydrogens is 580 g/mol. The predicted octanol–water partition coefficient (Wildman–Crippen LogP) is 6.02. The number of nitrogens with zero attached hydrogens (tertiary/aromatic N) is 2. The van der Waals surface area contributed by atoms with Crippen molar-refractivity contribution in [3.63, 3.8) is 0 Å². The molecular formula is C34H44N2O7S. The van der Waals surface area contributed by atoms with Crippen LogP contribution < -0.4 is 4.74 Å². The summed E-state index contributed by atoms with van der Waals surface area (Å²) in [4.78, 5) is 14.5. The van der Waals surface area contributed by atoms with E-state index in [9.17, 15) is 13.2 Å². The molecule has 1 atom stereocenters. The predicted molar refractivity (Wildman–Crippen MR) is 167 cm³/mol. The molecule has 2 fully saturated rings. The van der Waals surface area contributed by atoms with E-state index in [2.05, 4.69) is 11.8 Å². The minimum Gasteiger partial charge on any atom is -0.463 e. The van der Waals surface area contributed by atoms with Gasteiger partial charge in [-0.2, -0.15) is 4.31 Å². The molecule has 9 nitrogen and oxygen atoms in total. The summed E-state index contributed by atoms with van der Waals surface area (Å²) < 4.78 is 50.4. The van der Waals surface area contributed by atoms with Gasteiger partial charge in [-0.25, -0.2) is 13.2 Å². The number of rotatable bonds is 12. The molecule has 2 saturated heterocycles. The SMILES string of the molecule is CC1(C)OCc2cc([C@@H]3CN(CCCCCCOCCC#Cc4cccc(S(=O)(=O)N5CCCCC5)c4)C(=O)O3)ccc2O1. The molecule has 5 rings (SSSR count). The van der Waals surface area contributed by atoms with Gasteiger partial charge in [0.15, 0.2) is 0 Å². The van der Waals surface area contributed by atoms with Gasteiger partial charge in [-0.1, -0.05) is 43.2 Å². The van der Waals surface area contributed by atoms with Gasteiger partial charge in [0.2, 0.25) is 15.8 Å². The first-order valence-electron chi connectivity index (χ1n) is 15.8. The number of cyclic esters (lactones) is 1. The van der Waals surface area contributed by atoms with Crippen molar-refractivity contribution in [3.05, 3.63) is 59.2 Å². The minimum atomic E-state index is -3.46. The maximum atomic E-state index is 12.9. The van der Waals surface area contributed by atoms with E-state index in [0.29, 0.717) is 62.9 Å². The number of hydrogen-bond acceptors (Lipinski definition) is 7. The van der Waals surface area contributed by atoms with Crippen molar-refractivity contribution in [3.8, 4) is 17.6 Å². The number of fused-ring (bicyclic) bond motifs is 1. The number of carbonyl (C=O) groups is 1. The molecule has 2 aromatic carbocycles. The van der Waals surface area contributed by atoms with Gasteiger partial charge in [0.25, 0.3) is 0 Å². The fourth-order valence-corrected chi connectivity index (χ4v) is 7.22. The lowest BCUT2D eigenvalue weighted by molar-refractivity contribution is -0.180. The smallest absolute Gasteiger partial charge is 0.410 e. The number of hydrogen-bond donors (Lipinski definition) is 0. The van der Waals surface area contributed by atoms with E-state index in [0.717, 1.165) is 61.8 Å². The van der Waals surface area contributed by atoms with Crippen LogP contribution in [0.25, 0.3) is 0 Å². The molecule has 0 spiro atoms. The van der Waals surface area contributed by atoms with E-state index >= 15 is 0 Å². The van der Waals surface area contributed by atoms with Gasteiger partial charge < -0.3 is 23.8 Å². The molecule has 3 heterocycles. The van der Waals surface area contributed by atoms with Crippen LogP contribution in [0.1, 0.15) is 88.0 Å². The third-order valence-corrected chi connectivity index (χ3v) is 10.0. The summed E-state index contributed by atoms with van der Waals surface area (Å²) in [7, 11) is -3.46. The van der Waals surface area contributed by atoms with Crippen molar-refractivity contribution in [2.75, 3.05) is 39.4 Å². The highest BCUT2D eigenvalue weighted by molar-refractivity contribution is 7.89. The Morgan fingerprint density at radius 1 is 1.00 bits per heavy atom. The van der Waals surface area contributed by atoms with E-state index in [1.807, 2.05) is 38.1 Å². The van der Waals surface area contributed by atoms with E-state index in [1.165, 1.54) is 0 Å². The first-order chi connectivity index (χ1) is 21.2. The molecule has 44 heavy (non-hydrogen) atoms. The van der Waals surface area contributed by atoms with Crippen molar-refractivity contribution < 1.29 is 32.2 Å². The van der Waals surface area contributed by atoms with Gasteiger partial charge in [0.1, 0.15) is 11.9 Å². The number of amides is 1. The fraction of sp³-hybridized carbons (Fsp3) is 0.559. The zero-order chi connectivity index (χ0) is 31.0. The van der Waals surface area contributed by atoms with Crippen LogP contribution in [0.5, 0.6) is 5.75 Å². The van der Waals surface area contributed by atoms with Crippen LogP contribution >= 0.6 is 0 Å². The number of carbonyl (C=O) groups excluding carboxylic acids is 1. The van der Waals surface area contributed by atoms with Gasteiger partial charge in [0, 0.05) is 57.6 Å². The minimum absolute atomic E-state index is 0.263. The van der Waals surface area contributed by atoms with Crippen LogP contribution in [0.2, 0.25) is 0 Å². The van der Waals surface area contributed by atoms with Crippen molar-refractivity contribution in [2.45, 2.75) is 88.6 Å². The molecule has 0 saturated carbocycles. The highest BCUT2D eigenvalue weighted by Crippen LogP contribution is 2.35. The number of benzene rings is 2. The lowest BCUT2D eigenvalue weighted by Gasteiger charge is -2.32. The summed E-state index contributed by atoms with van der Waals surface area (Å²) in [6.07, 6.45) is 6.86. The summed E-state index contributed by atoms with van der Waals surface area (Å²) in [5.74, 6) is 6.34. The summed E-state index contributed by atoms with van der Waals surface area (Å²) >= 11 is 0. The van der Waals surface area contributed by atoms with Crippen molar-refractivity contribution in [1.82, 2.24) is 9.21 Å². The first kappa shape index (κ1) is 32.3. The average Bonchev–Trinajstić information content (AvgIpc) is 3.39. The molecule has 3 aliphatic rings. The second-order valence-electron chi connectivity index (χ2n) is 12.0. The third kappa shape index (κ3) is 8.54. The lowest BCUT2D eigenvalue weighted by atomic mass is 10.0. The van der Waals surface area contributed by atoms with Crippen LogP contribution in [0, 0.1) is 11.8 Å². The van der Waals surface area contributed by atoms with Crippen LogP contribution in [0.15, 0.2) is 47.4 Å². The third-order valence-electron chi connectivity index (χ3n) is 8.13. The highest BCUT2D eigenvalue weighted by Gasteiger charge is 2.34. The first-order valence-corrected chi connectivity index (χ1v) is 17.2. The van der Waals surface area contributed by atoms with Crippen LogP contribution in [0.3, 0.4) is 0 Å². The monoisotopic (exact) mass is 624 g/mol. The van der Waals surface area contributed by atoms with E-state index < -0.39 is 15.8 Å². The molecule has 1 amide bonds. The molecule has 0 aromatic heterocycles. The molecule has 3 aliphatic heterocycles. The zero-order valence-corrected chi connectivity index (χ0v) is 26.7. The van der Waals surface area contributed by atoms with E-state index in [4.69, 9.17) is 18.9 Å². The summed E-state index contributed by atoms with van der Waals surface area (Å²) in [5, 5.41) is 0.